The van der Waals surface area contributed by atoms with Crippen LogP contribution in [0.15, 0.2) is 42.5 Å². The number of hydrogen-bond acceptors (Lipinski definition) is 3. The van der Waals surface area contributed by atoms with E-state index in [9.17, 15) is 13.6 Å². The van der Waals surface area contributed by atoms with Crippen molar-refractivity contribution in [2.45, 2.75) is 20.0 Å². The number of carbonyl (C=O) groups is 1. The van der Waals surface area contributed by atoms with E-state index in [1.165, 1.54) is 25.3 Å². The van der Waals surface area contributed by atoms with Gasteiger partial charge in [-0.1, -0.05) is 19.1 Å². The van der Waals surface area contributed by atoms with Gasteiger partial charge in [-0.15, -0.1) is 0 Å². The molecule has 6 heteroatoms. The van der Waals surface area contributed by atoms with Crippen molar-refractivity contribution >= 4 is 11.6 Å². The number of alkyl halides is 2. The van der Waals surface area contributed by atoms with Crippen LogP contribution in [0, 0.1) is 0 Å². The van der Waals surface area contributed by atoms with E-state index in [4.69, 9.17) is 4.74 Å². The molecule has 2 aromatic rings. The zero-order valence-corrected chi connectivity index (χ0v) is 12.8. The Morgan fingerprint density at radius 3 is 2.39 bits per heavy atom. The fourth-order valence-electron chi connectivity index (χ4n) is 2.03. The molecule has 0 atom stereocenters. The van der Waals surface area contributed by atoms with Crippen molar-refractivity contribution in [1.82, 2.24) is 0 Å². The first-order valence-corrected chi connectivity index (χ1v) is 7.06. The van der Waals surface area contributed by atoms with Crippen molar-refractivity contribution in [1.29, 1.82) is 0 Å². The number of methoxy groups -OCH3 is 1. The van der Waals surface area contributed by atoms with Crippen LogP contribution in [0.5, 0.6) is 11.5 Å². The molecule has 0 saturated heterocycles. The Bertz CT molecular complexity index is 672. The van der Waals surface area contributed by atoms with Gasteiger partial charge in [-0.2, -0.15) is 8.78 Å². The van der Waals surface area contributed by atoms with E-state index in [1.54, 1.807) is 0 Å². The number of amides is 1. The van der Waals surface area contributed by atoms with E-state index in [-0.39, 0.29) is 23.0 Å². The molecule has 0 aliphatic carbocycles. The number of carbonyl (C=O) groups excluding carboxylic acids is 1. The predicted octanol–water partition coefficient (Wildman–Crippen LogP) is 4.11. The molecule has 2 rings (SSSR count). The van der Waals surface area contributed by atoms with Crippen LogP contribution in [0.25, 0.3) is 0 Å². The molecule has 1 amide bonds. The highest BCUT2D eigenvalue weighted by Crippen LogP contribution is 2.29. The summed E-state index contributed by atoms with van der Waals surface area (Å²) in [5, 5.41) is 2.74. The standard InChI is InChI=1S/C17H17F2NO3/c1-3-11-4-7-13(8-5-11)20-16(21)12-6-9-14(23-17(18)19)15(10-12)22-2/h4-10,17H,3H2,1-2H3,(H,20,21). The van der Waals surface area contributed by atoms with Crippen molar-refractivity contribution in [3.8, 4) is 11.5 Å². The lowest BCUT2D eigenvalue weighted by atomic mass is 10.1. The molecule has 0 aliphatic rings. The fourth-order valence-corrected chi connectivity index (χ4v) is 2.03. The first-order chi connectivity index (χ1) is 11.0. The highest BCUT2D eigenvalue weighted by molar-refractivity contribution is 6.04. The maximum absolute atomic E-state index is 12.3. The summed E-state index contributed by atoms with van der Waals surface area (Å²) in [5.41, 5.74) is 2.10. The van der Waals surface area contributed by atoms with Gasteiger partial charge in [0.25, 0.3) is 5.91 Å². The van der Waals surface area contributed by atoms with Crippen molar-refractivity contribution in [2.24, 2.45) is 0 Å². The van der Waals surface area contributed by atoms with Gasteiger partial charge in [0.15, 0.2) is 11.5 Å². The average Bonchev–Trinajstić information content (AvgIpc) is 2.55. The van der Waals surface area contributed by atoms with E-state index in [0.29, 0.717) is 5.69 Å². The van der Waals surface area contributed by atoms with Crippen LogP contribution in [0.4, 0.5) is 14.5 Å². The molecular formula is C17H17F2NO3. The van der Waals surface area contributed by atoms with E-state index in [0.717, 1.165) is 12.0 Å². The van der Waals surface area contributed by atoms with E-state index in [1.807, 2.05) is 31.2 Å². The minimum Gasteiger partial charge on any atom is -0.493 e. The number of aryl methyl sites for hydroxylation is 1. The van der Waals surface area contributed by atoms with Gasteiger partial charge in [0.05, 0.1) is 7.11 Å². The highest BCUT2D eigenvalue weighted by atomic mass is 19.3. The molecule has 4 nitrogen and oxygen atoms in total. The zero-order valence-electron chi connectivity index (χ0n) is 12.8. The van der Waals surface area contributed by atoms with Gasteiger partial charge in [-0.05, 0) is 42.3 Å². The molecule has 23 heavy (non-hydrogen) atoms. The second-order valence-electron chi connectivity index (χ2n) is 4.75. The van der Waals surface area contributed by atoms with Gasteiger partial charge in [-0.25, -0.2) is 0 Å². The molecular weight excluding hydrogens is 304 g/mol. The Kier molecular flexibility index (Phi) is 5.51. The molecule has 0 saturated carbocycles. The minimum atomic E-state index is -2.96. The first-order valence-electron chi connectivity index (χ1n) is 7.06. The Hall–Kier alpha value is -2.63. The molecule has 0 spiro atoms. The summed E-state index contributed by atoms with van der Waals surface area (Å²) < 4.78 is 33.9. The van der Waals surface area contributed by atoms with Gasteiger partial charge in [0, 0.05) is 11.3 Å². The van der Waals surface area contributed by atoms with Crippen LogP contribution in [0.2, 0.25) is 0 Å². The second-order valence-corrected chi connectivity index (χ2v) is 4.75. The highest BCUT2D eigenvalue weighted by Gasteiger charge is 2.14. The molecule has 122 valence electrons. The maximum Gasteiger partial charge on any atom is 0.387 e. The number of benzene rings is 2. The maximum atomic E-state index is 12.3. The Labute approximate surface area is 133 Å². The third kappa shape index (κ3) is 4.42. The summed E-state index contributed by atoms with van der Waals surface area (Å²) in [6.07, 6.45) is 0.914. The van der Waals surface area contributed by atoms with Crippen molar-refractivity contribution in [3.05, 3.63) is 53.6 Å². The van der Waals surface area contributed by atoms with Gasteiger partial charge in [-0.3, -0.25) is 4.79 Å². The molecule has 0 heterocycles. The summed E-state index contributed by atoms with van der Waals surface area (Å²) in [6.45, 7) is -0.913. The molecule has 0 fully saturated rings. The third-order valence-corrected chi connectivity index (χ3v) is 3.26. The summed E-state index contributed by atoms with van der Waals surface area (Å²) in [4.78, 5) is 12.2. The normalized spacial score (nSPS) is 10.5. The number of halogens is 2. The van der Waals surface area contributed by atoms with Crippen molar-refractivity contribution in [2.75, 3.05) is 12.4 Å². The summed E-state index contributed by atoms with van der Waals surface area (Å²) in [7, 11) is 1.32. The average molecular weight is 321 g/mol. The van der Waals surface area contributed by atoms with Crippen LogP contribution >= 0.6 is 0 Å². The van der Waals surface area contributed by atoms with E-state index >= 15 is 0 Å². The monoisotopic (exact) mass is 321 g/mol. The number of rotatable bonds is 6. The molecule has 0 aromatic heterocycles. The Balaban J connectivity index is 2.15. The Morgan fingerprint density at radius 1 is 1.13 bits per heavy atom. The van der Waals surface area contributed by atoms with Gasteiger partial charge in [0.1, 0.15) is 0 Å². The molecule has 0 bridgehead atoms. The number of anilines is 1. The Morgan fingerprint density at radius 2 is 1.83 bits per heavy atom. The minimum absolute atomic E-state index is 0.0688. The SMILES string of the molecule is CCc1ccc(NC(=O)c2ccc(OC(F)F)c(OC)c2)cc1. The largest absolute Gasteiger partial charge is 0.493 e. The molecule has 2 aromatic carbocycles. The fraction of sp³-hybridized carbons (Fsp3) is 0.235. The summed E-state index contributed by atoms with van der Waals surface area (Å²) in [5.74, 6) is -0.415. The van der Waals surface area contributed by atoms with Crippen molar-refractivity contribution in [3.63, 3.8) is 0 Å². The summed E-state index contributed by atoms with van der Waals surface area (Å²) in [6, 6.07) is 11.5. The van der Waals surface area contributed by atoms with Crippen molar-refractivity contribution < 1.29 is 23.0 Å². The topological polar surface area (TPSA) is 47.6 Å². The molecule has 0 radical (unpaired) electrons. The van der Waals surface area contributed by atoms with Crippen LogP contribution in [-0.4, -0.2) is 19.6 Å². The summed E-state index contributed by atoms with van der Waals surface area (Å²) >= 11 is 0. The smallest absolute Gasteiger partial charge is 0.387 e. The van der Waals surface area contributed by atoms with Crippen LogP contribution < -0.4 is 14.8 Å². The van der Waals surface area contributed by atoms with Crippen LogP contribution in [-0.2, 0) is 6.42 Å². The predicted molar refractivity (Wildman–Crippen MR) is 83.4 cm³/mol. The van der Waals surface area contributed by atoms with Crippen LogP contribution in [0.1, 0.15) is 22.8 Å². The van der Waals surface area contributed by atoms with Gasteiger partial charge in [0.2, 0.25) is 0 Å². The van der Waals surface area contributed by atoms with Gasteiger partial charge >= 0.3 is 6.61 Å². The van der Waals surface area contributed by atoms with E-state index in [2.05, 4.69) is 10.1 Å². The lowest BCUT2D eigenvalue weighted by molar-refractivity contribution is -0.0512. The third-order valence-electron chi connectivity index (χ3n) is 3.26. The molecule has 0 unspecified atom stereocenters. The van der Waals surface area contributed by atoms with Crippen LogP contribution in [0.3, 0.4) is 0 Å². The molecule has 1 N–H and O–H groups in total. The quantitative estimate of drug-likeness (QED) is 0.871. The van der Waals surface area contributed by atoms with E-state index < -0.39 is 6.61 Å². The lowest BCUT2D eigenvalue weighted by Crippen LogP contribution is -2.12. The second kappa shape index (κ2) is 7.58. The number of ether oxygens (including phenoxy) is 2. The van der Waals surface area contributed by atoms with Gasteiger partial charge < -0.3 is 14.8 Å². The number of hydrogen-bond donors (Lipinski definition) is 1. The molecule has 0 aliphatic heterocycles. The number of nitrogens with one attached hydrogen (secondary N) is 1. The lowest BCUT2D eigenvalue weighted by Gasteiger charge is -2.11. The zero-order chi connectivity index (χ0) is 16.8. The first kappa shape index (κ1) is 16.7.